The fourth-order valence-electron chi connectivity index (χ4n) is 3.57. The normalized spacial score (nSPS) is 22.7. The number of amides is 1. The van der Waals surface area contributed by atoms with Gasteiger partial charge in [0.15, 0.2) is 0 Å². The molecule has 126 valence electrons. The highest BCUT2D eigenvalue weighted by Gasteiger charge is 2.37. The molecule has 0 bridgehead atoms. The number of hydrogen-bond acceptors (Lipinski definition) is 5. The van der Waals surface area contributed by atoms with E-state index in [-0.39, 0.29) is 18.1 Å². The zero-order chi connectivity index (χ0) is 16.7. The molecule has 3 heterocycles. The van der Waals surface area contributed by atoms with Gasteiger partial charge >= 0.3 is 0 Å². The lowest BCUT2D eigenvalue weighted by atomic mass is 9.99. The van der Waals surface area contributed by atoms with Crippen LogP contribution >= 0.6 is 0 Å². The highest BCUT2D eigenvalue weighted by atomic mass is 16.5. The summed E-state index contributed by atoms with van der Waals surface area (Å²) in [6, 6.07) is 5.70. The first-order valence-electron chi connectivity index (χ1n) is 8.12. The molecule has 24 heavy (non-hydrogen) atoms. The summed E-state index contributed by atoms with van der Waals surface area (Å²) in [4.78, 5) is 14.7. The summed E-state index contributed by atoms with van der Waals surface area (Å²) >= 11 is 0. The third-order valence-electron chi connectivity index (χ3n) is 4.86. The lowest BCUT2D eigenvalue weighted by Gasteiger charge is -2.41. The number of benzene rings is 1. The van der Waals surface area contributed by atoms with Crippen molar-refractivity contribution in [2.24, 2.45) is 0 Å². The van der Waals surface area contributed by atoms with Crippen molar-refractivity contribution in [2.75, 3.05) is 20.2 Å². The van der Waals surface area contributed by atoms with Crippen LogP contribution in [0, 0.1) is 6.92 Å². The zero-order valence-electron chi connectivity index (χ0n) is 13.8. The zero-order valence-corrected chi connectivity index (χ0v) is 13.8. The minimum absolute atomic E-state index is 0.0313. The van der Waals surface area contributed by atoms with Crippen LogP contribution in [0.25, 0.3) is 0 Å². The van der Waals surface area contributed by atoms with Crippen LogP contribution in [0.2, 0.25) is 0 Å². The molecule has 1 saturated heterocycles. The summed E-state index contributed by atoms with van der Waals surface area (Å²) in [7, 11) is 1.63. The molecule has 2 aliphatic heterocycles. The van der Waals surface area contributed by atoms with Crippen LogP contribution in [-0.4, -0.2) is 52.1 Å². The van der Waals surface area contributed by atoms with Gasteiger partial charge in [-0.05, 0) is 37.1 Å². The van der Waals surface area contributed by atoms with E-state index in [9.17, 15) is 4.79 Å². The maximum atomic E-state index is 12.8. The standard InChI is InChI=1S/C17H20N4O3/c1-11-7-12(3-4-15(11)23-2)17(22)20-6-5-14-16(9-20)24-10-13-8-18-19-21(13)14/h3-4,7-8,14,16H,5-6,9-10H2,1-2H3/t14-,16-/m0/s1. The van der Waals surface area contributed by atoms with Crippen molar-refractivity contribution >= 4 is 5.91 Å². The van der Waals surface area contributed by atoms with E-state index in [1.165, 1.54) is 0 Å². The quantitative estimate of drug-likeness (QED) is 0.837. The summed E-state index contributed by atoms with van der Waals surface area (Å²) in [6.07, 6.45) is 2.53. The number of fused-ring (bicyclic) bond motifs is 3. The fraction of sp³-hybridized carbons (Fsp3) is 0.471. The number of aryl methyl sites for hydroxylation is 1. The van der Waals surface area contributed by atoms with E-state index in [1.54, 1.807) is 13.3 Å². The molecule has 7 nitrogen and oxygen atoms in total. The van der Waals surface area contributed by atoms with Crippen LogP contribution in [0.4, 0.5) is 0 Å². The van der Waals surface area contributed by atoms with Crippen molar-refractivity contribution < 1.29 is 14.3 Å². The van der Waals surface area contributed by atoms with Crippen LogP contribution in [0.15, 0.2) is 24.4 Å². The Balaban J connectivity index is 1.51. The van der Waals surface area contributed by atoms with Gasteiger partial charge in [-0.1, -0.05) is 5.21 Å². The van der Waals surface area contributed by atoms with Gasteiger partial charge in [-0.2, -0.15) is 0 Å². The van der Waals surface area contributed by atoms with E-state index in [2.05, 4.69) is 10.3 Å². The van der Waals surface area contributed by atoms with Crippen LogP contribution in [0.1, 0.15) is 34.1 Å². The number of rotatable bonds is 2. The second-order valence-electron chi connectivity index (χ2n) is 6.31. The van der Waals surface area contributed by atoms with Gasteiger partial charge in [0, 0.05) is 18.7 Å². The Labute approximate surface area is 140 Å². The van der Waals surface area contributed by atoms with E-state index in [0.29, 0.717) is 25.3 Å². The molecule has 0 spiro atoms. The second kappa shape index (κ2) is 5.90. The smallest absolute Gasteiger partial charge is 0.253 e. The highest BCUT2D eigenvalue weighted by Crippen LogP contribution is 2.31. The maximum Gasteiger partial charge on any atom is 0.253 e. The average Bonchev–Trinajstić information content (AvgIpc) is 3.09. The SMILES string of the molecule is COc1ccc(C(=O)N2CC[C@H]3[C@H](C2)OCc2cnnn23)cc1C. The summed E-state index contributed by atoms with van der Waals surface area (Å²) in [5.41, 5.74) is 2.64. The molecule has 1 aromatic heterocycles. The van der Waals surface area contributed by atoms with Crippen molar-refractivity contribution in [3.63, 3.8) is 0 Å². The van der Waals surface area contributed by atoms with Crippen LogP contribution < -0.4 is 4.74 Å². The van der Waals surface area contributed by atoms with Crippen molar-refractivity contribution in [3.8, 4) is 5.75 Å². The summed E-state index contributed by atoms with van der Waals surface area (Å²) in [6.45, 7) is 3.71. The molecule has 0 radical (unpaired) electrons. The number of ether oxygens (including phenoxy) is 2. The van der Waals surface area contributed by atoms with Gasteiger partial charge in [0.2, 0.25) is 0 Å². The van der Waals surface area contributed by atoms with Crippen molar-refractivity contribution in [2.45, 2.75) is 32.1 Å². The Bertz CT molecular complexity index is 773. The monoisotopic (exact) mass is 328 g/mol. The van der Waals surface area contributed by atoms with Gasteiger partial charge in [-0.15, -0.1) is 5.10 Å². The molecular formula is C17H20N4O3. The third-order valence-corrected chi connectivity index (χ3v) is 4.86. The Kier molecular flexibility index (Phi) is 3.72. The molecule has 1 fully saturated rings. The van der Waals surface area contributed by atoms with Gasteiger partial charge in [0.25, 0.3) is 5.91 Å². The van der Waals surface area contributed by atoms with Gasteiger partial charge < -0.3 is 14.4 Å². The first-order chi connectivity index (χ1) is 11.7. The van der Waals surface area contributed by atoms with E-state index < -0.39 is 0 Å². The van der Waals surface area contributed by atoms with Crippen molar-refractivity contribution in [1.82, 2.24) is 19.9 Å². The van der Waals surface area contributed by atoms with E-state index >= 15 is 0 Å². The molecule has 1 amide bonds. The number of hydrogen-bond donors (Lipinski definition) is 0. The number of carbonyl (C=O) groups is 1. The fourth-order valence-corrected chi connectivity index (χ4v) is 3.57. The topological polar surface area (TPSA) is 69.5 Å². The Morgan fingerprint density at radius 3 is 3.08 bits per heavy atom. The number of piperidine rings is 1. The molecule has 2 atom stereocenters. The summed E-state index contributed by atoms with van der Waals surface area (Å²) < 4.78 is 13.1. The first kappa shape index (κ1) is 15.1. The molecule has 1 aromatic carbocycles. The third kappa shape index (κ3) is 2.45. The minimum Gasteiger partial charge on any atom is -0.496 e. The second-order valence-corrected chi connectivity index (χ2v) is 6.31. The van der Waals surface area contributed by atoms with Gasteiger partial charge in [0.1, 0.15) is 5.75 Å². The molecule has 0 aliphatic carbocycles. The predicted octanol–water partition coefficient (Wildman–Crippen LogP) is 1.58. The van der Waals surface area contributed by atoms with Crippen LogP contribution in [0.3, 0.4) is 0 Å². The Hall–Kier alpha value is -2.41. The van der Waals surface area contributed by atoms with E-state index in [0.717, 1.165) is 23.4 Å². The molecule has 0 N–H and O–H groups in total. The van der Waals surface area contributed by atoms with Gasteiger partial charge in [-0.25, -0.2) is 4.68 Å². The molecular weight excluding hydrogens is 308 g/mol. The van der Waals surface area contributed by atoms with Crippen molar-refractivity contribution in [3.05, 3.63) is 41.2 Å². The lowest BCUT2D eigenvalue weighted by Crippen LogP contribution is -2.50. The first-order valence-corrected chi connectivity index (χ1v) is 8.12. The van der Waals surface area contributed by atoms with Crippen LogP contribution in [0.5, 0.6) is 5.75 Å². The van der Waals surface area contributed by atoms with Crippen LogP contribution in [-0.2, 0) is 11.3 Å². The number of likely N-dealkylation sites (tertiary alicyclic amines) is 1. The molecule has 0 unspecified atom stereocenters. The predicted molar refractivity (Wildman–Crippen MR) is 85.9 cm³/mol. The van der Waals surface area contributed by atoms with Gasteiger partial charge in [0.05, 0.1) is 37.8 Å². The van der Waals surface area contributed by atoms with Crippen molar-refractivity contribution in [1.29, 1.82) is 0 Å². The maximum absolute atomic E-state index is 12.8. The summed E-state index contributed by atoms with van der Waals surface area (Å²) in [5.74, 6) is 0.826. The molecule has 4 rings (SSSR count). The molecule has 2 aromatic rings. The summed E-state index contributed by atoms with van der Waals surface area (Å²) in [5, 5.41) is 8.13. The lowest BCUT2D eigenvalue weighted by molar-refractivity contribution is -0.0627. The minimum atomic E-state index is -0.0313. The van der Waals surface area contributed by atoms with E-state index in [1.807, 2.05) is 34.7 Å². The Morgan fingerprint density at radius 2 is 2.29 bits per heavy atom. The molecule has 2 aliphatic rings. The number of methoxy groups -OCH3 is 1. The molecule has 7 heteroatoms. The number of aromatic nitrogens is 3. The average molecular weight is 328 g/mol. The highest BCUT2D eigenvalue weighted by molar-refractivity contribution is 5.94. The number of carbonyl (C=O) groups excluding carboxylic acids is 1. The largest absolute Gasteiger partial charge is 0.496 e. The number of nitrogens with zero attached hydrogens (tertiary/aromatic N) is 4. The van der Waals surface area contributed by atoms with Gasteiger partial charge in [-0.3, -0.25) is 4.79 Å². The van der Waals surface area contributed by atoms with E-state index in [4.69, 9.17) is 9.47 Å². The Morgan fingerprint density at radius 1 is 1.42 bits per heavy atom. The molecule has 0 saturated carbocycles.